The molecule has 0 aliphatic carbocycles. The number of benzene rings is 2. The van der Waals surface area contributed by atoms with Gasteiger partial charge in [0.1, 0.15) is 0 Å². The summed E-state index contributed by atoms with van der Waals surface area (Å²) in [6.07, 6.45) is 2.63. The topological polar surface area (TPSA) is 116 Å². The molecular weight excluding hydrogens is 515 g/mol. The largest absolute Gasteiger partial charge is 0.481 e. The van der Waals surface area contributed by atoms with Gasteiger partial charge in [-0.3, -0.25) is 19.4 Å². The van der Waals surface area contributed by atoms with Crippen LogP contribution in [0, 0.1) is 0 Å². The van der Waals surface area contributed by atoms with E-state index in [1.54, 1.807) is 24.4 Å². The van der Waals surface area contributed by atoms with Crippen LogP contribution in [0.5, 0.6) is 0 Å². The van der Waals surface area contributed by atoms with Crippen LogP contribution < -0.4 is 5.56 Å². The Kier molecular flexibility index (Phi) is 6.78. The number of halogens is 2. The molecule has 1 aliphatic heterocycles. The van der Waals surface area contributed by atoms with Crippen molar-refractivity contribution in [3.63, 3.8) is 0 Å². The van der Waals surface area contributed by atoms with Crippen molar-refractivity contribution in [2.24, 2.45) is 5.10 Å². The number of nitrogens with one attached hydrogen (secondary N) is 1. The number of para-hydroxylation sites is 1. The Labute approximate surface area is 221 Å². The van der Waals surface area contributed by atoms with E-state index >= 15 is 0 Å². The molecule has 2 aromatic carbocycles. The molecule has 3 heterocycles. The second kappa shape index (κ2) is 10.2. The monoisotopic (exact) mass is 534 g/mol. The maximum Gasteiger partial charge on any atom is 0.303 e. The molecule has 8 nitrogen and oxygen atoms in total. The number of carboxylic acids is 1. The van der Waals surface area contributed by atoms with E-state index in [4.69, 9.17) is 28.3 Å². The summed E-state index contributed by atoms with van der Waals surface area (Å²) in [5.41, 5.74) is 3.03. The molecule has 1 unspecified atom stereocenters. The Morgan fingerprint density at radius 3 is 2.51 bits per heavy atom. The van der Waals surface area contributed by atoms with Crippen LogP contribution in [0.2, 0.25) is 10.0 Å². The molecule has 0 bridgehead atoms. The van der Waals surface area contributed by atoms with Gasteiger partial charge in [-0.15, -0.1) is 0 Å². The van der Waals surface area contributed by atoms with Crippen molar-refractivity contribution in [1.82, 2.24) is 15.0 Å². The van der Waals surface area contributed by atoms with Crippen molar-refractivity contribution in [1.29, 1.82) is 0 Å². The van der Waals surface area contributed by atoms with Crippen LogP contribution in [0.3, 0.4) is 0 Å². The van der Waals surface area contributed by atoms with E-state index in [1.807, 2.05) is 36.4 Å². The summed E-state index contributed by atoms with van der Waals surface area (Å²) < 4.78 is 0. The molecule has 37 heavy (non-hydrogen) atoms. The van der Waals surface area contributed by atoms with Gasteiger partial charge >= 0.3 is 5.97 Å². The van der Waals surface area contributed by atoms with Gasteiger partial charge in [-0.2, -0.15) is 5.10 Å². The average Bonchev–Trinajstić information content (AvgIpc) is 3.32. The predicted octanol–water partition coefficient (Wildman–Crippen LogP) is 5.44. The van der Waals surface area contributed by atoms with Crippen molar-refractivity contribution >= 4 is 51.7 Å². The summed E-state index contributed by atoms with van der Waals surface area (Å²) in [6.45, 7) is 0. The van der Waals surface area contributed by atoms with Gasteiger partial charge in [-0.05, 0) is 35.4 Å². The third-order valence-electron chi connectivity index (χ3n) is 6.22. The van der Waals surface area contributed by atoms with E-state index in [2.05, 4.69) is 15.1 Å². The molecule has 5 rings (SSSR count). The molecule has 1 amide bonds. The number of hydrogen-bond acceptors (Lipinski definition) is 5. The lowest BCUT2D eigenvalue weighted by molar-refractivity contribution is -0.141. The molecule has 0 spiro atoms. The number of pyridine rings is 2. The predicted molar refractivity (Wildman–Crippen MR) is 142 cm³/mol. The van der Waals surface area contributed by atoms with Crippen molar-refractivity contribution in [3.8, 4) is 11.1 Å². The SMILES string of the molecule is O=C(O)CCC(=O)N1N=C(c2c(-c3ccc(Cl)cc3)c3ccccc3[nH]c2=O)CC1c1ccncc1Cl. The molecule has 1 aliphatic rings. The fourth-order valence-electron chi connectivity index (χ4n) is 4.55. The van der Waals surface area contributed by atoms with Crippen LogP contribution in [-0.4, -0.2) is 37.7 Å². The summed E-state index contributed by atoms with van der Waals surface area (Å²) in [6, 6.07) is 15.6. The average molecular weight is 535 g/mol. The molecule has 0 fully saturated rings. The molecule has 1 atom stereocenters. The van der Waals surface area contributed by atoms with Crippen LogP contribution in [0.4, 0.5) is 0 Å². The molecule has 4 aromatic rings. The lowest BCUT2D eigenvalue weighted by Gasteiger charge is -2.22. The quantitative estimate of drug-likeness (QED) is 0.341. The van der Waals surface area contributed by atoms with E-state index in [0.29, 0.717) is 38.0 Å². The lowest BCUT2D eigenvalue weighted by Crippen LogP contribution is -2.27. The number of hydrogen-bond donors (Lipinski definition) is 2. The molecule has 10 heteroatoms. The number of carbonyl (C=O) groups excluding carboxylic acids is 1. The number of aromatic nitrogens is 2. The molecule has 2 N–H and O–H groups in total. The van der Waals surface area contributed by atoms with Gasteiger partial charge in [0.2, 0.25) is 5.91 Å². The van der Waals surface area contributed by atoms with E-state index in [0.717, 1.165) is 10.9 Å². The standard InChI is InChI=1S/C27H20Cl2N4O4/c28-16-7-5-15(6-8-16)25-18-3-1-2-4-20(18)31-27(37)26(25)21-13-22(17-11-12-30-14-19(17)29)33(32-21)23(34)9-10-24(35)36/h1-8,11-12,14,22H,9-10,13H2,(H,31,37)(H,35,36). The highest BCUT2D eigenvalue weighted by Crippen LogP contribution is 2.39. The summed E-state index contributed by atoms with van der Waals surface area (Å²) in [5, 5.41) is 16.6. The van der Waals surface area contributed by atoms with Gasteiger partial charge in [0.15, 0.2) is 0 Å². The minimum atomic E-state index is -1.09. The summed E-state index contributed by atoms with van der Waals surface area (Å²) in [7, 11) is 0. The Hall–Kier alpha value is -4.01. The Morgan fingerprint density at radius 2 is 1.78 bits per heavy atom. The molecule has 0 saturated heterocycles. The number of nitrogens with zero attached hydrogens (tertiary/aromatic N) is 3. The van der Waals surface area contributed by atoms with Crippen LogP contribution in [0.25, 0.3) is 22.0 Å². The second-order valence-electron chi connectivity index (χ2n) is 8.55. The van der Waals surface area contributed by atoms with Gasteiger partial charge in [-0.25, -0.2) is 5.01 Å². The number of hydrazone groups is 1. The summed E-state index contributed by atoms with van der Waals surface area (Å²) >= 11 is 12.5. The minimum Gasteiger partial charge on any atom is -0.481 e. The first-order valence-corrected chi connectivity index (χ1v) is 12.2. The molecule has 186 valence electrons. The number of carboxylic acid groups (broad SMARTS) is 1. The van der Waals surface area contributed by atoms with Crippen molar-refractivity contribution in [2.75, 3.05) is 0 Å². The van der Waals surface area contributed by atoms with E-state index in [9.17, 15) is 14.4 Å². The summed E-state index contributed by atoms with van der Waals surface area (Å²) in [5.74, 6) is -1.58. The normalized spacial score (nSPS) is 15.1. The number of amides is 1. The number of aliphatic carboxylic acids is 1. The van der Waals surface area contributed by atoms with Crippen molar-refractivity contribution in [2.45, 2.75) is 25.3 Å². The smallest absolute Gasteiger partial charge is 0.303 e. The minimum absolute atomic E-state index is 0.199. The van der Waals surface area contributed by atoms with Gasteiger partial charge in [-0.1, -0.05) is 53.5 Å². The fraction of sp³-hybridized carbons (Fsp3) is 0.148. The van der Waals surface area contributed by atoms with Gasteiger partial charge < -0.3 is 10.1 Å². The lowest BCUT2D eigenvalue weighted by atomic mass is 9.91. The first kappa shape index (κ1) is 24.7. The zero-order valence-corrected chi connectivity index (χ0v) is 20.8. The zero-order chi connectivity index (χ0) is 26.1. The first-order chi connectivity index (χ1) is 17.8. The summed E-state index contributed by atoms with van der Waals surface area (Å²) in [4.78, 5) is 44.7. The Morgan fingerprint density at radius 1 is 1.03 bits per heavy atom. The van der Waals surface area contributed by atoms with Crippen LogP contribution >= 0.6 is 23.2 Å². The van der Waals surface area contributed by atoms with E-state index in [1.165, 1.54) is 11.2 Å². The van der Waals surface area contributed by atoms with Gasteiger partial charge in [0, 0.05) is 46.7 Å². The maximum absolute atomic E-state index is 13.5. The fourth-order valence-corrected chi connectivity index (χ4v) is 4.92. The number of carbonyl (C=O) groups is 2. The molecule has 0 radical (unpaired) electrons. The van der Waals surface area contributed by atoms with Crippen LogP contribution in [0.1, 0.15) is 36.4 Å². The highest BCUT2D eigenvalue weighted by Gasteiger charge is 2.36. The second-order valence-corrected chi connectivity index (χ2v) is 9.40. The molecule has 0 saturated carbocycles. The maximum atomic E-state index is 13.5. The highest BCUT2D eigenvalue weighted by molar-refractivity contribution is 6.31. The molecule has 2 aromatic heterocycles. The molecular formula is C27H20Cl2N4O4. The number of rotatable bonds is 6. The van der Waals surface area contributed by atoms with Gasteiger partial charge in [0.05, 0.1) is 28.8 Å². The van der Waals surface area contributed by atoms with Crippen LogP contribution in [-0.2, 0) is 9.59 Å². The third-order valence-corrected chi connectivity index (χ3v) is 6.79. The number of fused-ring (bicyclic) bond motifs is 1. The first-order valence-electron chi connectivity index (χ1n) is 11.5. The number of H-pyrrole nitrogens is 1. The Balaban J connectivity index is 1.70. The van der Waals surface area contributed by atoms with Crippen molar-refractivity contribution in [3.05, 3.63) is 98.5 Å². The highest BCUT2D eigenvalue weighted by atomic mass is 35.5. The van der Waals surface area contributed by atoms with Gasteiger partial charge in [0.25, 0.3) is 5.56 Å². The van der Waals surface area contributed by atoms with Crippen molar-refractivity contribution < 1.29 is 14.7 Å². The van der Waals surface area contributed by atoms with E-state index in [-0.39, 0.29) is 24.8 Å². The zero-order valence-electron chi connectivity index (χ0n) is 19.3. The Bertz CT molecular complexity index is 1620. The van der Waals surface area contributed by atoms with Crippen LogP contribution in [0.15, 0.2) is 76.9 Å². The third kappa shape index (κ3) is 4.85. The van der Waals surface area contributed by atoms with E-state index < -0.39 is 17.9 Å². The number of aromatic amines is 1.